The second kappa shape index (κ2) is 12.7. The lowest BCUT2D eigenvalue weighted by Crippen LogP contribution is -2.38. The summed E-state index contributed by atoms with van der Waals surface area (Å²) in [6.45, 7) is 6.26. The molecular weight excluding hydrogens is 465 g/mol. The zero-order chi connectivity index (χ0) is 18.7. The summed E-state index contributed by atoms with van der Waals surface area (Å²) in [7, 11) is 1.79. The van der Waals surface area contributed by atoms with Crippen LogP contribution in [0.15, 0.2) is 53.7 Å². The fourth-order valence-corrected chi connectivity index (χ4v) is 3.04. The van der Waals surface area contributed by atoms with Gasteiger partial charge in [-0.3, -0.25) is 14.9 Å². The second-order valence-electron chi connectivity index (χ2n) is 6.63. The van der Waals surface area contributed by atoms with Gasteiger partial charge in [-0.2, -0.15) is 0 Å². The van der Waals surface area contributed by atoms with Crippen molar-refractivity contribution >= 4 is 29.9 Å². The molecular formula is C21H30IN5O. The standard InChI is InChI=1S/C21H29N5O.HI/c1-22-21(24-11-9-20-4-2-3-10-23-20)25-16-18-5-7-19(8-6-18)17-26-12-14-27-15-13-26;/h2-8,10H,9,11-17H2,1H3,(H2,22,24,25);1H. The molecule has 28 heavy (non-hydrogen) atoms. The van der Waals surface area contributed by atoms with Gasteiger partial charge in [0.05, 0.1) is 13.2 Å². The summed E-state index contributed by atoms with van der Waals surface area (Å²) in [5, 5.41) is 6.70. The molecule has 1 aliphatic rings. The smallest absolute Gasteiger partial charge is 0.191 e. The van der Waals surface area contributed by atoms with Gasteiger partial charge in [0.15, 0.2) is 5.96 Å². The van der Waals surface area contributed by atoms with Crippen LogP contribution in [0.5, 0.6) is 0 Å². The summed E-state index contributed by atoms with van der Waals surface area (Å²) in [6, 6.07) is 14.8. The van der Waals surface area contributed by atoms with Crippen molar-refractivity contribution in [1.29, 1.82) is 0 Å². The Kier molecular flexibility index (Phi) is 10.2. The van der Waals surface area contributed by atoms with Crippen LogP contribution in [-0.4, -0.2) is 55.7 Å². The maximum atomic E-state index is 5.40. The number of aromatic nitrogens is 1. The summed E-state index contributed by atoms with van der Waals surface area (Å²) in [5.74, 6) is 0.809. The van der Waals surface area contributed by atoms with Crippen molar-refractivity contribution in [2.75, 3.05) is 39.9 Å². The molecule has 0 aliphatic carbocycles. The van der Waals surface area contributed by atoms with Gasteiger partial charge in [0.25, 0.3) is 0 Å². The Bertz CT molecular complexity index is 702. The number of rotatable bonds is 7. The lowest BCUT2D eigenvalue weighted by molar-refractivity contribution is 0.0342. The van der Waals surface area contributed by atoms with E-state index >= 15 is 0 Å². The van der Waals surface area contributed by atoms with Crippen LogP contribution >= 0.6 is 24.0 Å². The molecule has 2 aromatic rings. The van der Waals surface area contributed by atoms with Gasteiger partial charge in [-0.1, -0.05) is 30.3 Å². The van der Waals surface area contributed by atoms with Gasteiger partial charge in [-0.25, -0.2) is 0 Å². The molecule has 6 nitrogen and oxygen atoms in total. The zero-order valence-electron chi connectivity index (χ0n) is 16.4. The summed E-state index contributed by atoms with van der Waals surface area (Å²) in [4.78, 5) is 11.1. The average molecular weight is 495 g/mol. The van der Waals surface area contributed by atoms with Crippen molar-refractivity contribution in [2.24, 2.45) is 4.99 Å². The number of nitrogens with zero attached hydrogens (tertiary/aromatic N) is 3. The minimum atomic E-state index is 0. The number of aliphatic imine (C=N–C) groups is 1. The molecule has 1 aromatic carbocycles. The molecule has 1 aromatic heterocycles. The molecule has 1 aliphatic heterocycles. The molecule has 0 saturated carbocycles. The van der Waals surface area contributed by atoms with Crippen molar-refractivity contribution in [3.63, 3.8) is 0 Å². The van der Waals surface area contributed by atoms with Crippen molar-refractivity contribution in [3.8, 4) is 0 Å². The quantitative estimate of drug-likeness (QED) is 0.351. The molecule has 0 bridgehead atoms. The third-order valence-corrected chi connectivity index (χ3v) is 4.62. The highest BCUT2D eigenvalue weighted by atomic mass is 127. The van der Waals surface area contributed by atoms with E-state index in [0.717, 1.165) is 64.0 Å². The highest BCUT2D eigenvalue weighted by Gasteiger charge is 2.10. The van der Waals surface area contributed by atoms with Crippen LogP contribution in [0.25, 0.3) is 0 Å². The largest absolute Gasteiger partial charge is 0.379 e. The Morgan fingerprint density at radius 1 is 1.07 bits per heavy atom. The van der Waals surface area contributed by atoms with E-state index in [0.29, 0.717) is 0 Å². The van der Waals surface area contributed by atoms with Gasteiger partial charge >= 0.3 is 0 Å². The normalized spacial score (nSPS) is 15.0. The topological polar surface area (TPSA) is 61.8 Å². The SMILES string of the molecule is CN=C(NCCc1ccccn1)NCc1ccc(CN2CCOCC2)cc1.I. The van der Waals surface area contributed by atoms with Gasteiger partial charge in [0, 0.05) is 58.1 Å². The monoisotopic (exact) mass is 495 g/mol. The number of pyridine rings is 1. The maximum absolute atomic E-state index is 5.40. The number of nitrogens with one attached hydrogen (secondary N) is 2. The average Bonchev–Trinajstić information content (AvgIpc) is 2.73. The predicted octanol–water partition coefficient (Wildman–Crippen LogP) is 2.44. The third-order valence-electron chi connectivity index (χ3n) is 4.62. The van der Waals surface area contributed by atoms with Crippen LogP contribution in [0.2, 0.25) is 0 Å². The van der Waals surface area contributed by atoms with Crippen molar-refractivity contribution in [3.05, 3.63) is 65.5 Å². The van der Waals surface area contributed by atoms with Gasteiger partial charge < -0.3 is 15.4 Å². The zero-order valence-corrected chi connectivity index (χ0v) is 18.8. The Hall–Kier alpha value is -1.71. The Balaban J connectivity index is 0.00000280. The van der Waals surface area contributed by atoms with Crippen LogP contribution in [0.3, 0.4) is 0 Å². The van der Waals surface area contributed by atoms with Crippen LogP contribution in [0, 0.1) is 0 Å². The molecule has 3 rings (SSSR count). The summed E-state index contributed by atoms with van der Waals surface area (Å²) in [5.41, 5.74) is 3.67. The third kappa shape index (κ3) is 7.73. The van der Waals surface area contributed by atoms with Crippen LogP contribution < -0.4 is 10.6 Å². The minimum absolute atomic E-state index is 0. The molecule has 152 valence electrons. The van der Waals surface area contributed by atoms with Gasteiger partial charge in [0.1, 0.15) is 0 Å². The van der Waals surface area contributed by atoms with Gasteiger partial charge in [-0.05, 0) is 23.3 Å². The first-order chi connectivity index (χ1) is 13.3. The lowest BCUT2D eigenvalue weighted by atomic mass is 10.1. The first kappa shape index (κ1) is 22.6. The van der Waals surface area contributed by atoms with Gasteiger partial charge in [-0.15, -0.1) is 24.0 Å². The summed E-state index contributed by atoms with van der Waals surface area (Å²) >= 11 is 0. The van der Waals surface area contributed by atoms with Crippen molar-refractivity contribution in [2.45, 2.75) is 19.5 Å². The first-order valence-electron chi connectivity index (χ1n) is 9.56. The molecule has 0 spiro atoms. The van der Waals surface area contributed by atoms with E-state index in [9.17, 15) is 0 Å². The highest BCUT2D eigenvalue weighted by Crippen LogP contribution is 2.09. The molecule has 1 fully saturated rings. The molecule has 1 saturated heterocycles. The molecule has 0 unspecified atom stereocenters. The molecule has 0 amide bonds. The number of guanidine groups is 1. The van der Waals surface area contributed by atoms with E-state index in [-0.39, 0.29) is 24.0 Å². The Morgan fingerprint density at radius 2 is 1.82 bits per heavy atom. The second-order valence-corrected chi connectivity index (χ2v) is 6.63. The van der Waals surface area contributed by atoms with E-state index in [1.54, 1.807) is 7.05 Å². The first-order valence-corrected chi connectivity index (χ1v) is 9.56. The van der Waals surface area contributed by atoms with Crippen LogP contribution in [0.4, 0.5) is 0 Å². The predicted molar refractivity (Wildman–Crippen MR) is 124 cm³/mol. The molecule has 2 heterocycles. The van der Waals surface area contributed by atoms with Gasteiger partial charge in [0.2, 0.25) is 0 Å². The van der Waals surface area contributed by atoms with E-state index < -0.39 is 0 Å². The number of benzene rings is 1. The van der Waals surface area contributed by atoms with E-state index in [4.69, 9.17) is 4.74 Å². The minimum Gasteiger partial charge on any atom is -0.379 e. The number of hydrogen-bond donors (Lipinski definition) is 2. The number of hydrogen-bond acceptors (Lipinski definition) is 4. The van der Waals surface area contributed by atoms with E-state index in [1.807, 2.05) is 24.4 Å². The molecule has 0 atom stereocenters. The maximum Gasteiger partial charge on any atom is 0.191 e. The Labute approximate surface area is 184 Å². The fraction of sp³-hybridized carbons (Fsp3) is 0.429. The molecule has 0 radical (unpaired) electrons. The summed E-state index contributed by atoms with van der Waals surface area (Å²) in [6.07, 6.45) is 2.70. The van der Waals surface area contributed by atoms with Crippen molar-refractivity contribution in [1.82, 2.24) is 20.5 Å². The lowest BCUT2D eigenvalue weighted by Gasteiger charge is -2.26. The number of ether oxygens (including phenoxy) is 1. The Morgan fingerprint density at radius 3 is 2.50 bits per heavy atom. The number of halogens is 1. The van der Waals surface area contributed by atoms with Crippen LogP contribution in [-0.2, 0) is 24.2 Å². The van der Waals surface area contributed by atoms with E-state index in [1.165, 1.54) is 11.1 Å². The fourth-order valence-electron chi connectivity index (χ4n) is 3.04. The van der Waals surface area contributed by atoms with E-state index in [2.05, 4.69) is 49.8 Å². The molecule has 7 heteroatoms. The van der Waals surface area contributed by atoms with Crippen LogP contribution in [0.1, 0.15) is 16.8 Å². The highest BCUT2D eigenvalue weighted by molar-refractivity contribution is 14.0. The number of morpholine rings is 1. The summed E-state index contributed by atoms with van der Waals surface area (Å²) < 4.78 is 5.40. The molecule has 2 N–H and O–H groups in total. The van der Waals surface area contributed by atoms with Crippen molar-refractivity contribution < 1.29 is 4.74 Å².